The zero-order chi connectivity index (χ0) is 18.3. The van der Waals surface area contributed by atoms with Gasteiger partial charge < -0.3 is 0 Å². The summed E-state index contributed by atoms with van der Waals surface area (Å²) in [4.78, 5) is 0. The highest BCUT2D eigenvalue weighted by atomic mass is 14.1. The van der Waals surface area contributed by atoms with Crippen molar-refractivity contribution in [3.8, 4) is 0 Å². The van der Waals surface area contributed by atoms with Crippen molar-refractivity contribution in [2.24, 2.45) is 5.92 Å². The molecule has 1 aromatic rings. The fourth-order valence-electron chi connectivity index (χ4n) is 3.49. The summed E-state index contributed by atoms with van der Waals surface area (Å²) in [5, 5.41) is 0. The molecule has 1 unspecified atom stereocenters. The average molecular weight is 341 g/mol. The number of hydrogen-bond donors (Lipinski definition) is 0. The van der Waals surface area contributed by atoms with Crippen LogP contribution in [0.25, 0.3) is 0 Å². The van der Waals surface area contributed by atoms with E-state index in [2.05, 4.69) is 69.8 Å². The molecule has 0 nitrogen and oxygen atoms in total. The lowest BCUT2D eigenvalue weighted by molar-refractivity contribution is 0.497. The Bertz CT molecular complexity index is 481. The summed E-state index contributed by atoms with van der Waals surface area (Å²) in [5.41, 5.74) is 2.96. The lowest BCUT2D eigenvalue weighted by atomic mass is 9.94. The van der Waals surface area contributed by atoms with Gasteiger partial charge in [-0.25, -0.2) is 0 Å². The van der Waals surface area contributed by atoms with Crippen LogP contribution in [0.15, 0.2) is 49.1 Å². The molecule has 0 aliphatic carbocycles. The van der Waals surface area contributed by atoms with Gasteiger partial charge in [0.15, 0.2) is 0 Å². The first kappa shape index (κ1) is 21.7. The minimum atomic E-state index is 0.604. The van der Waals surface area contributed by atoms with Crippen LogP contribution in [-0.4, -0.2) is 0 Å². The average Bonchev–Trinajstić information content (AvgIpc) is 2.62. The predicted octanol–water partition coefficient (Wildman–Crippen LogP) is 8.24. The van der Waals surface area contributed by atoms with E-state index in [1.54, 1.807) is 0 Å². The first-order valence-corrected chi connectivity index (χ1v) is 10.5. The van der Waals surface area contributed by atoms with Gasteiger partial charge in [-0.05, 0) is 48.6 Å². The van der Waals surface area contributed by atoms with Crippen LogP contribution in [0.1, 0.15) is 95.6 Å². The summed E-state index contributed by atoms with van der Waals surface area (Å²) in [7, 11) is 0. The predicted molar refractivity (Wildman–Crippen MR) is 114 cm³/mol. The summed E-state index contributed by atoms with van der Waals surface area (Å²) in [6.45, 7) is 10.9. The standard InChI is InChI=1S/C25H40/c1-5-7-8-9-10-12-17-23(6-2)18-13-11-14-19-24-20-15-16-21-25(24)22(3)4/h6,11,14-16,20-23H,2,5,7-10,12-13,17-19H2,1,3-4H3/b14-11+. The van der Waals surface area contributed by atoms with E-state index in [9.17, 15) is 0 Å². The Morgan fingerprint density at radius 2 is 1.64 bits per heavy atom. The molecule has 0 saturated carbocycles. The van der Waals surface area contributed by atoms with Gasteiger partial charge in [-0.1, -0.05) is 102 Å². The monoisotopic (exact) mass is 340 g/mol. The SMILES string of the molecule is C=CC(CC/C=C/Cc1ccccc1C(C)C)CCCCCCCC. The Kier molecular flexibility index (Phi) is 12.1. The molecule has 0 aliphatic rings. The Hall–Kier alpha value is -1.30. The Morgan fingerprint density at radius 1 is 0.920 bits per heavy atom. The van der Waals surface area contributed by atoms with Crippen LogP contribution in [0.3, 0.4) is 0 Å². The van der Waals surface area contributed by atoms with Crippen molar-refractivity contribution in [1.29, 1.82) is 0 Å². The van der Waals surface area contributed by atoms with Crippen LogP contribution >= 0.6 is 0 Å². The van der Waals surface area contributed by atoms with Gasteiger partial charge in [0.05, 0.1) is 0 Å². The molecule has 1 atom stereocenters. The third kappa shape index (κ3) is 9.68. The highest BCUT2D eigenvalue weighted by molar-refractivity contribution is 5.31. The Labute approximate surface area is 157 Å². The van der Waals surface area contributed by atoms with Gasteiger partial charge in [0.2, 0.25) is 0 Å². The van der Waals surface area contributed by atoms with Gasteiger partial charge in [0, 0.05) is 0 Å². The number of hydrogen-bond acceptors (Lipinski definition) is 0. The smallest absolute Gasteiger partial charge is 0.00946 e. The van der Waals surface area contributed by atoms with Crippen LogP contribution in [0.5, 0.6) is 0 Å². The molecule has 0 spiro atoms. The maximum Gasteiger partial charge on any atom is -0.00946 e. The topological polar surface area (TPSA) is 0 Å². The van der Waals surface area contributed by atoms with Gasteiger partial charge in [0.1, 0.15) is 0 Å². The summed E-state index contributed by atoms with van der Waals surface area (Å²) >= 11 is 0. The van der Waals surface area contributed by atoms with Crippen LogP contribution in [-0.2, 0) is 6.42 Å². The molecule has 0 heteroatoms. The molecule has 0 radical (unpaired) electrons. The summed E-state index contributed by atoms with van der Waals surface area (Å²) in [5.74, 6) is 1.30. The third-order valence-electron chi connectivity index (χ3n) is 5.15. The first-order chi connectivity index (χ1) is 12.2. The maximum absolute atomic E-state index is 4.04. The normalized spacial score (nSPS) is 12.8. The Balaban J connectivity index is 2.24. The van der Waals surface area contributed by atoms with E-state index >= 15 is 0 Å². The van der Waals surface area contributed by atoms with Gasteiger partial charge in [-0.15, -0.1) is 6.58 Å². The van der Waals surface area contributed by atoms with E-state index in [-0.39, 0.29) is 0 Å². The number of benzene rings is 1. The molecule has 0 N–H and O–H groups in total. The maximum atomic E-state index is 4.04. The third-order valence-corrected chi connectivity index (χ3v) is 5.15. The molecule has 0 fully saturated rings. The molecule has 0 heterocycles. The summed E-state index contributed by atoms with van der Waals surface area (Å²) < 4.78 is 0. The highest BCUT2D eigenvalue weighted by Gasteiger charge is 2.05. The zero-order valence-corrected chi connectivity index (χ0v) is 17.0. The molecular formula is C25H40. The van der Waals surface area contributed by atoms with Gasteiger partial charge in [-0.2, -0.15) is 0 Å². The van der Waals surface area contributed by atoms with Crippen molar-refractivity contribution in [3.63, 3.8) is 0 Å². The van der Waals surface area contributed by atoms with Crippen molar-refractivity contribution in [2.45, 2.75) is 90.9 Å². The molecule has 0 amide bonds. The van der Waals surface area contributed by atoms with Gasteiger partial charge >= 0.3 is 0 Å². The van der Waals surface area contributed by atoms with E-state index in [0.29, 0.717) is 11.8 Å². The number of unbranched alkanes of at least 4 members (excludes halogenated alkanes) is 5. The minimum absolute atomic E-state index is 0.604. The molecule has 1 aromatic carbocycles. The van der Waals surface area contributed by atoms with E-state index in [1.165, 1.54) is 68.9 Å². The minimum Gasteiger partial charge on any atom is -0.103 e. The summed E-state index contributed by atoms with van der Waals surface area (Å²) in [6.07, 6.45) is 20.0. The largest absolute Gasteiger partial charge is 0.103 e. The van der Waals surface area contributed by atoms with Crippen molar-refractivity contribution in [3.05, 3.63) is 60.2 Å². The van der Waals surface area contributed by atoms with E-state index < -0.39 is 0 Å². The lowest BCUT2D eigenvalue weighted by Gasteiger charge is -2.11. The van der Waals surface area contributed by atoms with Crippen LogP contribution in [0, 0.1) is 5.92 Å². The summed E-state index contributed by atoms with van der Waals surface area (Å²) in [6, 6.07) is 8.84. The molecule has 0 saturated heterocycles. The van der Waals surface area contributed by atoms with Gasteiger partial charge in [-0.3, -0.25) is 0 Å². The molecule has 0 bridgehead atoms. The molecule has 0 aromatic heterocycles. The second-order valence-corrected chi connectivity index (χ2v) is 7.66. The first-order valence-electron chi connectivity index (χ1n) is 10.5. The van der Waals surface area contributed by atoms with Crippen molar-refractivity contribution < 1.29 is 0 Å². The van der Waals surface area contributed by atoms with Crippen molar-refractivity contribution in [2.75, 3.05) is 0 Å². The Morgan fingerprint density at radius 3 is 2.36 bits per heavy atom. The van der Waals surface area contributed by atoms with Crippen molar-refractivity contribution >= 4 is 0 Å². The molecular weight excluding hydrogens is 300 g/mol. The second-order valence-electron chi connectivity index (χ2n) is 7.66. The van der Waals surface area contributed by atoms with E-state index in [0.717, 1.165) is 6.42 Å². The number of rotatable bonds is 14. The van der Waals surface area contributed by atoms with Crippen LogP contribution < -0.4 is 0 Å². The molecule has 25 heavy (non-hydrogen) atoms. The van der Waals surface area contributed by atoms with Crippen LogP contribution in [0.2, 0.25) is 0 Å². The quantitative estimate of drug-likeness (QED) is 0.236. The molecule has 1 rings (SSSR count). The molecule has 140 valence electrons. The number of allylic oxidation sites excluding steroid dienone is 3. The van der Waals surface area contributed by atoms with Crippen molar-refractivity contribution in [1.82, 2.24) is 0 Å². The zero-order valence-electron chi connectivity index (χ0n) is 17.0. The lowest BCUT2D eigenvalue weighted by Crippen LogP contribution is -1.96. The highest BCUT2D eigenvalue weighted by Crippen LogP contribution is 2.21. The van der Waals surface area contributed by atoms with E-state index in [4.69, 9.17) is 0 Å². The van der Waals surface area contributed by atoms with Crippen LogP contribution in [0.4, 0.5) is 0 Å². The fraction of sp³-hybridized carbons (Fsp3) is 0.600. The molecule has 0 aliphatic heterocycles. The fourth-order valence-corrected chi connectivity index (χ4v) is 3.49. The van der Waals surface area contributed by atoms with Gasteiger partial charge in [0.25, 0.3) is 0 Å². The van der Waals surface area contributed by atoms with E-state index in [1.807, 2.05) is 0 Å². The second kappa shape index (κ2) is 13.9.